The van der Waals surface area contributed by atoms with E-state index in [1.807, 2.05) is 6.20 Å². The Morgan fingerprint density at radius 3 is 2.33 bits per heavy atom. The minimum Gasteiger partial charge on any atom is -0.241 e. The van der Waals surface area contributed by atoms with Crippen LogP contribution in [0.2, 0.25) is 0 Å². The minimum atomic E-state index is 0.247. The lowest BCUT2D eigenvalue weighted by Gasteiger charge is -2.22. The molecular formula is C16H28N2. The van der Waals surface area contributed by atoms with Gasteiger partial charge in [-0.2, -0.15) is 0 Å². The van der Waals surface area contributed by atoms with E-state index in [4.69, 9.17) is 4.98 Å². The van der Waals surface area contributed by atoms with Crippen LogP contribution in [-0.2, 0) is 6.42 Å². The van der Waals surface area contributed by atoms with Crippen molar-refractivity contribution in [3.8, 4) is 0 Å². The van der Waals surface area contributed by atoms with Crippen LogP contribution < -0.4 is 0 Å². The summed E-state index contributed by atoms with van der Waals surface area (Å²) >= 11 is 0. The molecule has 0 aromatic carbocycles. The van der Waals surface area contributed by atoms with Gasteiger partial charge in [-0.25, -0.2) is 9.97 Å². The van der Waals surface area contributed by atoms with E-state index in [-0.39, 0.29) is 5.41 Å². The molecule has 0 bridgehead atoms. The largest absolute Gasteiger partial charge is 0.241 e. The zero-order valence-electron chi connectivity index (χ0n) is 12.8. The fourth-order valence-electron chi connectivity index (χ4n) is 2.37. The van der Waals surface area contributed by atoms with Crippen LogP contribution in [0.4, 0.5) is 0 Å². The minimum absolute atomic E-state index is 0.247. The van der Waals surface area contributed by atoms with E-state index in [0.717, 1.165) is 18.7 Å². The number of hydrogen-bond donors (Lipinski definition) is 0. The molecule has 0 saturated heterocycles. The molecule has 0 aliphatic heterocycles. The van der Waals surface area contributed by atoms with Gasteiger partial charge in [0.2, 0.25) is 0 Å². The lowest BCUT2D eigenvalue weighted by Crippen LogP contribution is -2.15. The molecule has 1 rings (SSSR count). The van der Waals surface area contributed by atoms with Crippen molar-refractivity contribution >= 4 is 0 Å². The zero-order valence-corrected chi connectivity index (χ0v) is 12.8. The summed E-state index contributed by atoms with van der Waals surface area (Å²) in [5.41, 5.74) is 1.47. The first-order valence-electron chi connectivity index (χ1n) is 7.19. The molecule has 0 amide bonds. The summed E-state index contributed by atoms with van der Waals surface area (Å²) < 4.78 is 0. The van der Waals surface area contributed by atoms with Gasteiger partial charge < -0.3 is 0 Å². The predicted molar refractivity (Wildman–Crippen MR) is 77.7 cm³/mol. The third-order valence-corrected chi connectivity index (χ3v) is 3.57. The Labute approximate surface area is 112 Å². The Balaban J connectivity index is 2.93. The number of hydrogen-bond acceptors (Lipinski definition) is 2. The quantitative estimate of drug-likeness (QED) is 0.760. The molecule has 18 heavy (non-hydrogen) atoms. The summed E-state index contributed by atoms with van der Waals surface area (Å²) in [4.78, 5) is 9.20. The second kappa shape index (κ2) is 6.31. The smallest absolute Gasteiger partial charge is 0.129 e. The van der Waals surface area contributed by atoms with Gasteiger partial charge in [-0.05, 0) is 23.8 Å². The first-order chi connectivity index (χ1) is 8.37. The van der Waals surface area contributed by atoms with Crippen molar-refractivity contribution in [2.45, 2.75) is 66.7 Å². The molecular weight excluding hydrogens is 220 g/mol. The average molecular weight is 248 g/mol. The normalized spacial score (nSPS) is 15.4. The van der Waals surface area contributed by atoms with E-state index < -0.39 is 0 Å². The standard InChI is InChI=1S/C16H28N2/c1-7-12(3)13(8-2)14-9-10-17-15(18-14)11-16(4,5)6/h9-10,12-13H,7-8,11H2,1-6H3. The summed E-state index contributed by atoms with van der Waals surface area (Å²) in [7, 11) is 0. The van der Waals surface area contributed by atoms with Gasteiger partial charge in [-0.15, -0.1) is 0 Å². The van der Waals surface area contributed by atoms with Gasteiger partial charge in [0.15, 0.2) is 0 Å². The first kappa shape index (κ1) is 15.1. The molecule has 2 nitrogen and oxygen atoms in total. The summed E-state index contributed by atoms with van der Waals surface area (Å²) in [6.07, 6.45) is 5.23. The lowest BCUT2D eigenvalue weighted by atomic mass is 9.86. The van der Waals surface area contributed by atoms with Gasteiger partial charge in [0, 0.05) is 24.2 Å². The zero-order chi connectivity index (χ0) is 13.8. The van der Waals surface area contributed by atoms with Gasteiger partial charge in [0.1, 0.15) is 5.82 Å². The van der Waals surface area contributed by atoms with Crippen LogP contribution in [0.1, 0.15) is 71.8 Å². The second-order valence-electron chi connectivity index (χ2n) is 6.54. The van der Waals surface area contributed by atoms with E-state index in [9.17, 15) is 0 Å². The maximum Gasteiger partial charge on any atom is 0.129 e. The summed E-state index contributed by atoms with van der Waals surface area (Å²) in [6.45, 7) is 13.5. The van der Waals surface area contributed by atoms with Gasteiger partial charge in [0.25, 0.3) is 0 Å². The molecule has 2 atom stereocenters. The molecule has 0 aliphatic rings. The highest BCUT2D eigenvalue weighted by Gasteiger charge is 2.19. The molecule has 0 N–H and O–H groups in total. The van der Waals surface area contributed by atoms with Crippen molar-refractivity contribution in [1.82, 2.24) is 9.97 Å². The Bertz CT molecular complexity index is 366. The van der Waals surface area contributed by atoms with Crippen molar-refractivity contribution < 1.29 is 0 Å². The van der Waals surface area contributed by atoms with Crippen LogP contribution in [0, 0.1) is 11.3 Å². The molecule has 0 aliphatic carbocycles. The molecule has 1 heterocycles. The van der Waals surface area contributed by atoms with Crippen molar-refractivity contribution in [2.75, 3.05) is 0 Å². The number of aromatic nitrogens is 2. The number of nitrogens with zero attached hydrogens (tertiary/aromatic N) is 2. The van der Waals surface area contributed by atoms with E-state index in [0.29, 0.717) is 11.8 Å². The third kappa shape index (κ3) is 4.40. The SMILES string of the molecule is CCC(C)C(CC)c1ccnc(CC(C)(C)C)n1. The van der Waals surface area contributed by atoms with Crippen LogP contribution >= 0.6 is 0 Å². The Morgan fingerprint density at radius 1 is 1.17 bits per heavy atom. The fraction of sp³-hybridized carbons (Fsp3) is 0.750. The second-order valence-corrected chi connectivity index (χ2v) is 6.54. The summed E-state index contributed by atoms with van der Waals surface area (Å²) in [6, 6.07) is 2.09. The molecule has 2 unspecified atom stereocenters. The molecule has 0 radical (unpaired) electrons. The van der Waals surface area contributed by atoms with Crippen molar-refractivity contribution in [1.29, 1.82) is 0 Å². The maximum atomic E-state index is 4.79. The van der Waals surface area contributed by atoms with Gasteiger partial charge in [0.05, 0.1) is 0 Å². The Morgan fingerprint density at radius 2 is 1.83 bits per heavy atom. The third-order valence-electron chi connectivity index (χ3n) is 3.57. The van der Waals surface area contributed by atoms with Gasteiger partial charge in [-0.1, -0.05) is 48.0 Å². The highest BCUT2D eigenvalue weighted by atomic mass is 14.9. The lowest BCUT2D eigenvalue weighted by molar-refractivity contribution is 0.393. The van der Waals surface area contributed by atoms with E-state index in [2.05, 4.69) is 52.6 Å². The molecule has 1 aromatic heterocycles. The average Bonchev–Trinajstić information content (AvgIpc) is 2.28. The monoisotopic (exact) mass is 248 g/mol. The number of rotatable bonds is 5. The Hall–Kier alpha value is -0.920. The molecule has 102 valence electrons. The van der Waals surface area contributed by atoms with Crippen molar-refractivity contribution in [3.63, 3.8) is 0 Å². The molecule has 0 saturated carbocycles. The van der Waals surface area contributed by atoms with Crippen LogP contribution in [0.25, 0.3) is 0 Å². The van der Waals surface area contributed by atoms with Crippen LogP contribution in [0.5, 0.6) is 0 Å². The molecule has 2 heteroatoms. The fourth-order valence-corrected chi connectivity index (χ4v) is 2.37. The van der Waals surface area contributed by atoms with Crippen LogP contribution in [-0.4, -0.2) is 9.97 Å². The van der Waals surface area contributed by atoms with Gasteiger partial charge >= 0.3 is 0 Å². The summed E-state index contributed by atoms with van der Waals surface area (Å²) in [5.74, 6) is 2.24. The topological polar surface area (TPSA) is 25.8 Å². The van der Waals surface area contributed by atoms with Crippen molar-refractivity contribution in [2.24, 2.45) is 11.3 Å². The molecule has 1 aromatic rings. The molecule has 0 fully saturated rings. The van der Waals surface area contributed by atoms with E-state index >= 15 is 0 Å². The first-order valence-corrected chi connectivity index (χ1v) is 7.19. The van der Waals surface area contributed by atoms with E-state index in [1.165, 1.54) is 12.1 Å². The van der Waals surface area contributed by atoms with Gasteiger partial charge in [-0.3, -0.25) is 0 Å². The highest BCUT2D eigenvalue weighted by molar-refractivity contribution is 5.10. The van der Waals surface area contributed by atoms with Crippen LogP contribution in [0.3, 0.4) is 0 Å². The molecule has 0 spiro atoms. The maximum absolute atomic E-state index is 4.79. The van der Waals surface area contributed by atoms with E-state index in [1.54, 1.807) is 0 Å². The Kier molecular flexibility index (Phi) is 5.30. The van der Waals surface area contributed by atoms with Crippen molar-refractivity contribution in [3.05, 3.63) is 23.8 Å². The summed E-state index contributed by atoms with van der Waals surface area (Å²) in [5, 5.41) is 0. The highest BCUT2D eigenvalue weighted by Crippen LogP contribution is 2.29. The van der Waals surface area contributed by atoms with Crippen LogP contribution in [0.15, 0.2) is 12.3 Å². The predicted octanol–water partition coefficient (Wildman–Crippen LogP) is 4.60.